The zero-order valence-corrected chi connectivity index (χ0v) is 52.7. The third-order valence-corrected chi connectivity index (χ3v) is 20.9. The molecule has 21 rings (SSSR count). The minimum absolute atomic E-state index is 0.0255. The molecule has 3 aromatic heterocycles. The average Bonchev–Trinajstić information content (AvgIpc) is 1.25. The molecule has 96 heavy (non-hydrogen) atoms. The van der Waals surface area contributed by atoms with Gasteiger partial charge >= 0.3 is 0 Å². The highest BCUT2D eigenvalue weighted by molar-refractivity contribution is 6.29. The lowest BCUT2D eigenvalue weighted by Gasteiger charge is -2.22. The predicted molar refractivity (Wildman–Crippen MR) is 404 cm³/mol. The van der Waals surface area contributed by atoms with Crippen LogP contribution in [0.5, 0.6) is 0 Å². The third kappa shape index (κ3) is 8.01. The van der Waals surface area contributed by atoms with Crippen LogP contribution >= 0.6 is 0 Å². The van der Waals surface area contributed by atoms with Crippen molar-refractivity contribution in [2.45, 2.75) is 19.3 Å². The van der Waals surface area contributed by atoms with Crippen LogP contribution in [0.1, 0.15) is 25.0 Å². The van der Waals surface area contributed by atoms with Gasteiger partial charge in [-0.3, -0.25) is 0 Å². The van der Waals surface area contributed by atoms with E-state index in [1.54, 1.807) is 0 Å². The molecule has 0 radical (unpaired) electrons. The van der Waals surface area contributed by atoms with Gasteiger partial charge in [-0.25, -0.2) is 0 Å². The minimum Gasteiger partial charge on any atom is -0.456 e. The monoisotopic (exact) mass is 1220 g/mol. The van der Waals surface area contributed by atoms with Gasteiger partial charge in [0.2, 0.25) is 0 Å². The van der Waals surface area contributed by atoms with Crippen LogP contribution in [-0.4, -0.2) is 0 Å². The van der Waals surface area contributed by atoms with Gasteiger partial charge in [0.15, 0.2) is 0 Å². The van der Waals surface area contributed by atoms with E-state index in [-0.39, 0.29) is 5.41 Å². The number of rotatable bonds is 5. The van der Waals surface area contributed by atoms with Crippen LogP contribution in [0.15, 0.2) is 329 Å². The molecule has 3 heteroatoms. The second-order valence-corrected chi connectivity index (χ2v) is 26.4. The lowest BCUT2D eigenvalue weighted by Crippen LogP contribution is -2.14. The Morgan fingerprint density at radius 3 is 1.12 bits per heavy atom. The molecule has 1 aliphatic rings. The number of hydrogen-bond acceptors (Lipinski definition) is 3. The maximum atomic E-state index is 6.64. The molecule has 0 fully saturated rings. The van der Waals surface area contributed by atoms with Crippen molar-refractivity contribution in [2.24, 2.45) is 0 Å². The molecule has 0 bridgehead atoms. The standard InChI is InChI=1S/C51H34O.C42H24O2/c1-51(2)44-20-10-9-14-36(44)37-28-27-34(30-45(37)51)31-22-24-33(25-23-31)47-38-15-5-7-17-40(38)48(41-18-8-6-16-39(41)47)42-19-11-21-46-49(42)43-29-26-32-12-3-4-13-35(32)50(43)52-46;1-2-11-27-25(10-1)20-23-35-41-34(17-9-19-37(41)44-42(27)35)40-32-15-5-3-13-30(32)39(31-14-4-6-16-33(31)40)26-21-22-29-28-12-7-8-18-36(28)43-38(29)24-26/h3-30H,1-2H3;1-24H. The summed E-state index contributed by atoms with van der Waals surface area (Å²) >= 11 is 0. The van der Waals surface area contributed by atoms with Crippen molar-refractivity contribution >= 4 is 130 Å². The van der Waals surface area contributed by atoms with Gasteiger partial charge in [0.25, 0.3) is 0 Å². The van der Waals surface area contributed by atoms with E-state index in [4.69, 9.17) is 13.3 Å². The topological polar surface area (TPSA) is 39.4 Å². The van der Waals surface area contributed by atoms with E-state index < -0.39 is 0 Å². The van der Waals surface area contributed by atoms with Gasteiger partial charge in [-0.1, -0.05) is 281 Å². The Kier molecular flexibility index (Phi) is 11.8. The Bertz CT molecular complexity index is 6550. The zero-order valence-electron chi connectivity index (χ0n) is 52.7. The summed E-state index contributed by atoms with van der Waals surface area (Å²) in [4.78, 5) is 0. The Morgan fingerprint density at radius 2 is 0.583 bits per heavy atom. The summed E-state index contributed by atoms with van der Waals surface area (Å²) in [6, 6.07) is 114. The van der Waals surface area contributed by atoms with E-state index in [1.165, 1.54) is 126 Å². The second-order valence-electron chi connectivity index (χ2n) is 26.4. The summed E-state index contributed by atoms with van der Waals surface area (Å²) in [5.41, 5.74) is 23.2. The molecule has 1 aliphatic carbocycles. The molecule has 17 aromatic carbocycles. The molecule has 0 saturated carbocycles. The van der Waals surface area contributed by atoms with Crippen LogP contribution in [0, 0.1) is 0 Å². The summed E-state index contributed by atoms with van der Waals surface area (Å²) in [7, 11) is 0. The number of para-hydroxylation sites is 1. The summed E-state index contributed by atoms with van der Waals surface area (Å²) in [5.74, 6) is 0. The first-order chi connectivity index (χ1) is 47.4. The van der Waals surface area contributed by atoms with E-state index in [1.807, 2.05) is 12.1 Å². The van der Waals surface area contributed by atoms with Crippen molar-refractivity contribution in [3.8, 4) is 66.8 Å². The van der Waals surface area contributed by atoms with Gasteiger partial charge in [0.05, 0.1) is 0 Å². The largest absolute Gasteiger partial charge is 0.456 e. The smallest absolute Gasteiger partial charge is 0.143 e. The lowest BCUT2D eigenvalue weighted by molar-refractivity contribution is 0.660. The fraction of sp³-hybridized carbons (Fsp3) is 0.0323. The van der Waals surface area contributed by atoms with Crippen molar-refractivity contribution < 1.29 is 13.3 Å². The van der Waals surface area contributed by atoms with Crippen molar-refractivity contribution in [3.05, 3.63) is 327 Å². The number of furan rings is 3. The molecule has 0 amide bonds. The van der Waals surface area contributed by atoms with Crippen LogP contribution in [0.25, 0.3) is 197 Å². The molecule has 448 valence electrons. The average molecular weight is 1220 g/mol. The molecule has 0 atom stereocenters. The quantitative estimate of drug-likeness (QED) is 0.161. The van der Waals surface area contributed by atoms with E-state index in [0.717, 1.165) is 82.2 Å². The van der Waals surface area contributed by atoms with Gasteiger partial charge in [0.1, 0.15) is 33.5 Å². The zero-order chi connectivity index (χ0) is 63.3. The number of fused-ring (bicyclic) bond motifs is 20. The van der Waals surface area contributed by atoms with E-state index in [0.29, 0.717) is 0 Å². The van der Waals surface area contributed by atoms with Gasteiger partial charge < -0.3 is 13.3 Å². The highest BCUT2D eigenvalue weighted by Crippen LogP contribution is 2.53. The fourth-order valence-electron chi connectivity index (χ4n) is 16.6. The normalized spacial score (nSPS) is 12.8. The van der Waals surface area contributed by atoms with Gasteiger partial charge in [-0.15, -0.1) is 0 Å². The molecular weight excluding hydrogens is 1170 g/mol. The van der Waals surface area contributed by atoms with Crippen molar-refractivity contribution in [2.75, 3.05) is 0 Å². The van der Waals surface area contributed by atoms with Crippen molar-refractivity contribution in [3.63, 3.8) is 0 Å². The maximum absolute atomic E-state index is 6.64. The van der Waals surface area contributed by atoms with E-state index in [2.05, 4.69) is 317 Å². The minimum atomic E-state index is -0.0255. The number of benzene rings is 17. The predicted octanol–water partition coefficient (Wildman–Crippen LogP) is 26.6. The molecule has 0 aliphatic heterocycles. The highest BCUT2D eigenvalue weighted by atomic mass is 16.3. The fourth-order valence-corrected chi connectivity index (χ4v) is 16.6. The molecule has 0 unspecified atom stereocenters. The SMILES string of the molecule is CC1(C)c2ccccc2-c2ccc(-c3ccc(-c4c5ccccc5c(-c5cccc6oc7c8ccccc8ccc7c56)c5ccccc45)cc3)cc21.c1ccc2c(c1)ccc1c2oc2cccc(-c3c4ccccc4c(-c4ccc5c(c4)oc4ccccc45)c4ccccc34)c21. The first kappa shape index (κ1) is 54.3. The van der Waals surface area contributed by atoms with Gasteiger partial charge in [0, 0.05) is 48.5 Å². The van der Waals surface area contributed by atoms with Crippen LogP contribution in [0.2, 0.25) is 0 Å². The molecule has 0 saturated heterocycles. The molecule has 3 nitrogen and oxygen atoms in total. The molecule has 0 N–H and O–H groups in total. The first-order valence-electron chi connectivity index (χ1n) is 33.2. The summed E-state index contributed by atoms with van der Waals surface area (Å²) in [6.07, 6.45) is 0. The molecule has 3 heterocycles. The number of hydrogen-bond donors (Lipinski definition) is 0. The Labute approximate surface area is 552 Å². The van der Waals surface area contributed by atoms with Crippen molar-refractivity contribution in [1.82, 2.24) is 0 Å². The maximum Gasteiger partial charge on any atom is 0.143 e. The third-order valence-electron chi connectivity index (χ3n) is 20.9. The molecule has 0 spiro atoms. The summed E-state index contributed by atoms with van der Waals surface area (Å²) < 4.78 is 19.6. The Balaban J connectivity index is 0.000000133. The van der Waals surface area contributed by atoms with Crippen LogP contribution in [0.3, 0.4) is 0 Å². The lowest BCUT2D eigenvalue weighted by atomic mass is 9.81. The van der Waals surface area contributed by atoms with Gasteiger partial charge in [-0.2, -0.15) is 0 Å². The van der Waals surface area contributed by atoms with E-state index >= 15 is 0 Å². The van der Waals surface area contributed by atoms with Crippen LogP contribution < -0.4 is 0 Å². The second kappa shape index (κ2) is 20.9. The first-order valence-corrected chi connectivity index (χ1v) is 33.2. The Hall–Kier alpha value is -12.3. The molecule has 20 aromatic rings. The Morgan fingerprint density at radius 1 is 0.208 bits per heavy atom. The van der Waals surface area contributed by atoms with Crippen LogP contribution in [0.4, 0.5) is 0 Å². The molecular formula is C93H58O3. The van der Waals surface area contributed by atoms with Crippen molar-refractivity contribution in [1.29, 1.82) is 0 Å². The van der Waals surface area contributed by atoms with Crippen LogP contribution in [-0.2, 0) is 5.41 Å². The summed E-state index contributed by atoms with van der Waals surface area (Å²) in [5, 5.41) is 21.4. The summed E-state index contributed by atoms with van der Waals surface area (Å²) in [6.45, 7) is 4.70. The highest BCUT2D eigenvalue weighted by Gasteiger charge is 2.35. The van der Waals surface area contributed by atoms with Gasteiger partial charge in [-0.05, 0) is 180 Å². The van der Waals surface area contributed by atoms with E-state index in [9.17, 15) is 0 Å².